The number of carbonyl (C=O) groups excluding carboxylic acids is 1. The average molecular weight is 213 g/mol. The summed E-state index contributed by atoms with van der Waals surface area (Å²) in [5.41, 5.74) is -0.0669. The third-order valence-electron chi connectivity index (χ3n) is 3.86. The molecule has 3 heteroatoms. The van der Waals surface area contributed by atoms with Crippen molar-refractivity contribution in [1.29, 1.82) is 0 Å². The number of ether oxygens (including phenoxy) is 1. The van der Waals surface area contributed by atoms with Gasteiger partial charge in [0.25, 0.3) is 0 Å². The molecular formula is C12H23NO2. The van der Waals surface area contributed by atoms with Crippen LogP contribution >= 0.6 is 0 Å². The number of methoxy groups -OCH3 is 1. The molecular weight excluding hydrogens is 190 g/mol. The number of rotatable bonds is 3. The SMILES string of the molecule is CCC(C)N1CCC(C(=O)OC)C1(C)C. The van der Waals surface area contributed by atoms with E-state index in [1.807, 2.05) is 0 Å². The Bertz CT molecular complexity index is 238. The van der Waals surface area contributed by atoms with Crippen LogP contribution in [0.1, 0.15) is 40.5 Å². The van der Waals surface area contributed by atoms with E-state index in [1.54, 1.807) is 0 Å². The summed E-state index contributed by atoms with van der Waals surface area (Å²) in [6, 6.07) is 0.537. The largest absolute Gasteiger partial charge is 0.469 e. The van der Waals surface area contributed by atoms with E-state index in [4.69, 9.17) is 4.74 Å². The lowest BCUT2D eigenvalue weighted by atomic mass is 9.88. The van der Waals surface area contributed by atoms with Crippen LogP contribution in [0, 0.1) is 5.92 Å². The molecule has 0 aromatic rings. The second kappa shape index (κ2) is 4.52. The fourth-order valence-corrected chi connectivity index (χ4v) is 2.67. The first kappa shape index (κ1) is 12.5. The summed E-state index contributed by atoms with van der Waals surface area (Å²) >= 11 is 0. The smallest absolute Gasteiger partial charge is 0.310 e. The minimum atomic E-state index is -0.0669. The van der Waals surface area contributed by atoms with Crippen LogP contribution in [0.15, 0.2) is 0 Å². The van der Waals surface area contributed by atoms with Gasteiger partial charge in [0.15, 0.2) is 0 Å². The first-order valence-electron chi connectivity index (χ1n) is 5.79. The van der Waals surface area contributed by atoms with E-state index < -0.39 is 0 Å². The Morgan fingerprint density at radius 3 is 2.67 bits per heavy atom. The number of nitrogens with zero attached hydrogens (tertiary/aromatic N) is 1. The molecule has 1 aliphatic rings. The first-order valence-corrected chi connectivity index (χ1v) is 5.79. The topological polar surface area (TPSA) is 29.5 Å². The summed E-state index contributed by atoms with van der Waals surface area (Å²) in [4.78, 5) is 14.1. The van der Waals surface area contributed by atoms with E-state index in [0.29, 0.717) is 6.04 Å². The number of hydrogen-bond acceptors (Lipinski definition) is 3. The molecule has 0 aromatic carbocycles. The van der Waals surface area contributed by atoms with Crippen molar-refractivity contribution in [2.75, 3.05) is 13.7 Å². The quantitative estimate of drug-likeness (QED) is 0.672. The van der Waals surface area contributed by atoms with Crippen molar-refractivity contribution in [3.8, 4) is 0 Å². The molecule has 0 spiro atoms. The lowest BCUT2D eigenvalue weighted by molar-refractivity contribution is -0.148. The van der Waals surface area contributed by atoms with E-state index in [1.165, 1.54) is 7.11 Å². The summed E-state index contributed by atoms with van der Waals surface area (Å²) in [6.45, 7) is 9.71. The highest BCUT2D eigenvalue weighted by Crippen LogP contribution is 2.37. The summed E-state index contributed by atoms with van der Waals surface area (Å²) in [7, 11) is 1.48. The maximum absolute atomic E-state index is 11.6. The van der Waals surface area contributed by atoms with Gasteiger partial charge in [-0.1, -0.05) is 6.92 Å². The number of hydrogen-bond donors (Lipinski definition) is 0. The van der Waals surface area contributed by atoms with Crippen LogP contribution < -0.4 is 0 Å². The van der Waals surface area contributed by atoms with E-state index in [-0.39, 0.29) is 17.4 Å². The van der Waals surface area contributed by atoms with E-state index in [2.05, 4.69) is 32.6 Å². The summed E-state index contributed by atoms with van der Waals surface area (Å²) in [6.07, 6.45) is 2.04. The molecule has 0 amide bonds. The zero-order valence-electron chi connectivity index (χ0n) is 10.5. The van der Waals surface area contributed by atoms with Crippen LogP contribution in [0.25, 0.3) is 0 Å². The summed E-state index contributed by atoms with van der Waals surface area (Å²) in [5, 5.41) is 0. The maximum atomic E-state index is 11.6. The lowest BCUT2D eigenvalue weighted by Gasteiger charge is -2.38. The molecule has 1 saturated heterocycles. The number of likely N-dealkylation sites (tertiary alicyclic amines) is 1. The fraction of sp³-hybridized carbons (Fsp3) is 0.917. The second-order valence-corrected chi connectivity index (χ2v) is 4.97. The molecule has 88 valence electrons. The lowest BCUT2D eigenvalue weighted by Crippen LogP contribution is -2.49. The van der Waals surface area contributed by atoms with Crippen LogP contribution in [0.3, 0.4) is 0 Å². The highest BCUT2D eigenvalue weighted by Gasteiger charge is 2.46. The molecule has 1 rings (SSSR count). The second-order valence-electron chi connectivity index (χ2n) is 4.97. The van der Waals surface area contributed by atoms with Gasteiger partial charge in [0.2, 0.25) is 0 Å². The van der Waals surface area contributed by atoms with Crippen molar-refractivity contribution < 1.29 is 9.53 Å². The normalized spacial score (nSPS) is 27.7. The highest BCUT2D eigenvalue weighted by atomic mass is 16.5. The standard InChI is InChI=1S/C12H23NO2/c1-6-9(2)13-8-7-10(11(14)15-5)12(13,3)4/h9-10H,6-8H2,1-5H3. The molecule has 0 aliphatic carbocycles. The summed E-state index contributed by atoms with van der Waals surface area (Å²) < 4.78 is 4.87. The van der Waals surface area contributed by atoms with Crippen molar-refractivity contribution in [3.63, 3.8) is 0 Å². The molecule has 0 aromatic heterocycles. The van der Waals surface area contributed by atoms with E-state index >= 15 is 0 Å². The first-order chi connectivity index (χ1) is 6.95. The van der Waals surface area contributed by atoms with Crippen molar-refractivity contribution >= 4 is 5.97 Å². The monoisotopic (exact) mass is 213 g/mol. The molecule has 0 saturated carbocycles. The van der Waals surface area contributed by atoms with Gasteiger partial charge in [0.05, 0.1) is 13.0 Å². The zero-order chi connectivity index (χ0) is 11.6. The Morgan fingerprint density at radius 2 is 2.20 bits per heavy atom. The van der Waals surface area contributed by atoms with Gasteiger partial charge in [-0.2, -0.15) is 0 Å². The molecule has 0 radical (unpaired) electrons. The third-order valence-corrected chi connectivity index (χ3v) is 3.86. The van der Waals surface area contributed by atoms with Gasteiger partial charge in [-0.25, -0.2) is 0 Å². The number of carbonyl (C=O) groups is 1. The predicted octanol–water partition coefficient (Wildman–Crippen LogP) is 2.06. The van der Waals surface area contributed by atoms with Crippen LogP contribution in [-0.4, -0.2) is 36.1 Å². The Kier molecular flexibility index (Phi) is 3.77. The van der Waals surface area contributed by atoms with Gasteiger partial charge >= 0.3 is 5.97 Å². The van der Waals surface area contributed by atoms with E-state index in [0.717, 1.165) is 19.4 Å². The van der Waals surface area contributed by atoms with Crippen LogP contribution in [0.5, 0.6) is 0 Å². The molecule has 1 heterocycles. The molecule has 2 atom stereocenters. The molecule has 15 heavy (non-hydrogen) atoms. The minimum absolute atomic E-state index is 0.0245. The van der Waals surface area contributed by atoms with Crippen molar-refractivity contribution in [2.24, 2.45) is 5.92 Å². The molecule has 0 bridgehead atoms. The highest BCUT2D eigenvalue weighted by molar-refractivity contribution is 5.74. The molecule has 3 nitrogen and oxygen atoms in total. The van der Waals surface area contributed by atoms with Gasteiger partial charge in [0.1, 0.15) is 0 Å². The number of esters is 1. The summed E-state index contributed by atoms with van der Waals surface area (Å²) in [5.74, 6) is -0.0395. The van der Waals surface area contributed by atoms with E-state index in [9.17, 15) is 4.79 Å². The van der Waals surface area contributed by atoms with Crippen molar-refractivity contribution in [2.45, 2.75) is 52.1 Å². The molecule has 1 fully saturated rings. The molecule has 0 N–H and O–H groups in total. The Morgan fingerprint density at radius 1 is 1.60 bits per heavy atom. The van der Waals surface area contributed by atoms with Crippen LogP contribution in [-0.2, 0) is 9.53 Å². The predicted molar refractivity (Wildman–Crippen MR) is 60.7 cm³/mol. The Labute approximate surface area is 92.8 Å². The molecule has 2 unspecified atom stereocenters. The third kappa shape index (κ3) is 2.17. The fourth-order valence-electron chi connectivity index (χ4n) is 2.67. The van der Waals surface area contributed by atoms with Crippen molar-refractivity contribution in [3.05, 3.63) is 0 Å². The van der Waals surface area contributed by atoms with Crippen molar-refractivity contribution in [1.82, 2.24) is 4.90 Å². The maximum Gasteiger partial charge on any atom is 0.310 e. The van der Waals surface area contributed by atoms with Crippen LogP contribution in [0.4, 0.5) is 0 Å². The Hall–Kier alpha value is -0.570. The van der Waals surface area contributed by atoms with Gasteiger partial charge in [0, 0.05) is 11.6 Å². The zero-order valence-corrected chi connectivity index (χ0v) is 10.5. The van der Waals surface area contributed by atoms with Gasteiger partial charge in [-0.05, 0) is 40.2 Å². The van der Waals surface area contributed by atoms with Gasteiger partial charge in [-0.3, -0.25) is 9.69 Å². The van der Waals surface area contributed by atoms with Gasteiger partial charge < -0.3 is 4.74 Å². The van der Waals surface area contributed by atoms with Crippen LogP contribution in [0.2, 0.25) is 0 Å². The molecule has 1 aliphatic heterocycles. The van der Waals surface area contributed by atoms with Gasteiger partial charge in [-0.15, -0.1) is 0 Å². The average Bonchev–Trinajstić information content (AvgIpc) is 2.51. The minimum Gasteiger partial charge on any atom is -0.469 e. The Balaban J connectivity index is 2.79.